The van der Waals surface area contributed by atoms with E-state index >= 15 is 0 Å². The molecule has 2 aliphatic heterocycles. The Kier molecular flexibility index (Phi) is 8.48. The molecule has 0 radical (unpaired) electrons. The third-order valence-electron chi connectivity index (χ3n) is 6.11. The Morgan fingerprint density at radius 2 is 1.90 bits per heavy atom. The zero-order valence-electron chi connectivity index (χ0n) is 21.8. The number of H-pyrrole nitrogens is 1. The van der Waals surface area contributed by atoms with Crippen molar-refractivity contribution in [3.8, 4) is 0 Å². The van der Waals surface area contributed by atoms with Crippen molar-refractivity contribution >= 4 is 52.1 Å². The molecule has 0 bridgehead atoms. The number of morpholine rings is 1. The molecule has 12 heteroatoms. The Labute approximate surface area is 238 Å². The minimum atomic E-state index is -0.439. The van der Waals surface area contributed by atoms with Crippen LogP contribution in [0, 0.1) is 0 Å². The van der Waals surface area contributed by atoms with Gasteiger partial charge in [-0.15, -0.1) is 6.58 Å². The Hall–Kier alpha value is -4.13. The van der Waals surface area contributed by atoms with E-state index in [-0.39, 0.29) is 12.5 Å². The maximum Gasteiger partial charge on any atom is 0.338 e. The molecule has 2 aromatic carbocycles. The molecule has 10 nitrogen and oxygen atoms in total. The monoisotopic (exact) mass is 576 g/mol. The van der Waals surface area contributed by atoms with E-state index in [0.717, 1.165) is 57.2 Å². The van der Waals surface area contributed by atoms with E-state index in [1.54, 1.807) is 42.1 Å². The summed E-state index contributed by atoms with van der Waals surface area (Å²) in [7, 11) is 0. The van der Waals surface area contributed by atoms with Gasteiger partial charge in [0.1, 0.15) is 5.82 Å². The average molecular weight is 577 g/mol. The summed E-state index contributed by atoms with van der Waals surface area (Å²) < 4.78 is 6.84. The Balaban J connectivity index is 0.00000103. The number of ether oxygens (including phenoxy) is 1. The molecule has 4 aromatic rings. The summed E-state index contributed by atoms with van der Waals surface area (Å²) in [5.41, 5.74) is 3.55. The number of fused-ring (bicyclic) bond motifs is 2. The number of nitrogens with one attached hydrogen (secondary N) is 3. The molecule has 0 unspecified atom stereocenters. The first-order valence-corrected chi connectivity index (χ1v) is 14.2. The average Bonchev–Trinajstić information content (AvgIpc) is 3.28. The number of aromatic nitrogens is 3. The lowest BCUT2D eigenvalue weighted by Crippen LogP contribution is -2.36. The van der Waals surface area contributed by atoms with Crippen molar-refractivity contribution in [1.29, 1.82) is 0 Å². The van der Waals surface area contributed by atoms with Gasteiger partial charge in [-0.05, 0) is 48.9 Å². The molecule has 0 spiro atoms. The second-order valence-electron chi connectivity index (χ2n) is 8.95. The predicted molar refractivity (Wildman–Crippen MR) is 160 cm³/mol. The van der Waals surface area contributed by atoms with Crippen LogP contribution in [-0.4, -0.2) is 46.1 Å². The fourth-order valence-corrected chi connectivity index (χ4v) is 6.01. The topological polar surface area (TPSA) is 121 Å². The third kappa shape index (κ3) is 6.19. The van der Waals surface area contributed by atoms with Crippen LogP contribution in [0.1, 0.15) is 22.8 Å². The highest BCUT2D eigenvalue weighted by Gasteiger charge is 2.24. The van der Waals surface area contributed by atoms with Crippen LogP contribution in [0.25, 0.3) is 0 Å². The number of carbonyl (C=O) groups excluding carboxylic acids is 1. The number of aromatic amines is 1. The number of nitrogens with zero attached hydrogens (tertiary/aromatic N) is 3. The van der Waals surface area contributed by atoms with Crippen LogP contribution < -0.4 is 26.1 Å². The van der Waals surface area contributed by atoms with E-state index in [9.17, 15) is 14.4 Å². The van der Waals surface area contributed by atoms with Crippen molar-refractivity contribution in [3.63, 3.8) is 0 Å². The fourth-order valence-electron chi connectivity index (χ4n) is 4.26. The molecular formula is C28H28N6O4S2. The number of allylic oxidation sites excluding steroid dienone is 1. The molecule has 2 aromatic heterocycles. The summed E-state index contributed by atoms with van der Waals surface area (Å²) in [5.74, 6) is 0.554. The maximum absolute atomic E-state index is 12.9. The first-order chi connectivity index (χ1) is 19.4. The zero-order valence-corrected chi connectivity index (χ0v) is 23.4. The van der Waals surface area contributed by atoms with Crippen molar-refractivity contribution in [2.24, 2.45) is 0 Å². The van der Waals surface area contributed by atoms with Crippen LogP contribution >= 0.6 is 23.3 Å². The highest BCUT2D eigenvalue weighted by atomic mass is 32.2. The normalized spacial score (nSPS) is 13.7. The molecule has 0 aliphatic carbocycles. The summed E-state index contributed by atoms with van der Waals surface area (Å²) in [4.78, 5) is 46.7. The van der Waals surface area contributed by atoms with Gasteiger partial charge in [0.15, 0.2) is 0 Å². The Bertz CT molecular complexity index is 1640. The molecule has 6 rings (SSSR count). The second-order valence-corrected chi connectivity index (χ2v) is 11.0. The largest absolute Gasteiger partial charge is 0.378 e. The number of carbonyl (C=O) groups is 1. The lowest BCUT2D eigenvalue weighted by atomic mass is 10.1. The molecule has 4 heterocycles. The molecule has 1 fully saturated rings. The van der Waals surface area contributed by atoms with Crippen LogP contribution in [0.2, 0.25) is 0 Å². The summed E-state index contributed by atoms with van der Waals surface area (Å²) in [6.07, 6.45) is 3.56. The number of amides is 1. The van der Waals surface area contributed by atoms with Gasteiger partial charge in [-0.1, -0.05) is 30.0 Å². The van der Waals surface area contributed by atoms with Crippen LogP contribution in [0.4, 0.5) is 22.9 Å². The molecule has 1 saturated heterocycles. The maximum atomic E-state index is 12.9. The van der Waals surface area contributed by atoms with Crippen molar-refractivity contribution in [2.75, 3.05) is 41.8 Å². The molecule has 0 atom stereocenters. The Morgan fingerprint density at radius 3 is 2.60 bits per heavy atom. The second kappa shape index (κ2) is 12.4. The molecule has 40 heavy (non-hydrogen) atoms. The van der Waals surface area contributed by atoms with E-state index in [0.29, 0.717) is 24.5 Å². The molecule has 2 aliphatic rings. The van der Waals surface area contributed by atoms with E-state index < -0.39 is 10.6 Å². The number of rotatable bonds is 5. The van der Waals surface area contributed by atoms with Gasteiger partial charge in [0.05, 0.1) is 36.0 Å². The summed E-state index contributed by atoms with van der Waals surface area (Å²) in [5, 5.41) is 6.36. The molecule has 1 amide bonds. The Morgan fingerprint density at radius 1 is 1.15 bits per heavy atom. The third-order valence-corrected chi connectivity index (χ3v) is 8.07. The quantitative estimate of drug-likeness (QED) is 0.261. The van der Waals surface area contributed by atoms with E-state index in [1.165, 1.54) is 3.96 Å². The SMILES string of the molecule is C=CC.O=C(Nc1ccc2c(c1)Nc1nccc(N3CCOCC3)c1S2)c1ccc(Cn2sc(=O)[nH]c2=O)cc1. The first-order valence-electron chi connectivity index (χ1n) is 12.6. The number of hydrogen-bond acceptors (Lipinski definition) is 9. The van der Waals surface area contributed by atoms with Crippen LogP contribution in [0.3, 0.4) is 0 Å². The molecular weight excluding hydrogens is 548 g/mol. The van der Waals surface area contributed by atoms with Gasteiger partial charge in [0, 0.05) is 47.0 Å². The standard InChI is InChI=1S/C25H22N6O4S2.C3H6/c32-23(16-3-1-15(2-4-16)14-31-24(33)29-25(34)37-31)27-17-5-6-20-18(13-17)28-22-21(36-20)19(7-8-26-22)30-9-11-35-12-10-30;1-3-2/h1-8,13H,9-12,14H2,(H,26,28)(H,27,32)(H,29,33,34);3H,1H2,2H3. The number of anilines is 4. The van der Waals surface area contributed by atoms with Crippen molar-refractivity contribution in [3.05, 3.63) is 98.7 Å². The minimum absolute atomic E-state index is 0.244. The highest BCUT2D eigenvalue weighted by molar-refractivity contribution is 8.00. The first kappa shape index (κ1) is 27.4. The molecule has 0 saturated carbocycles. The van der Waals surface area contributed by atoms with Gasteiger partial charge in [0.25, 0.3) is 5.91 Å². The minimum Gasteiger partial charge on any atom is -0.378 e. The fraction of sp³-hybridized carbons (Fsp3) is 0.214. The van der Waals surface area contributed by atoms with Gasteiger partial charge in [-0.2, -0.15) is 0 Å². The lowest BCUT2D eigenvalue weighted by Gasteiger charge is -2.32. The molecule has 3 N–H and O–H groups in total. The zero-order chi connectivity index (χ0) is 28.1. The number of benzene rings is 2. The number of pyridine rings is 1. The predicted octanol–water partition coefficient (Wildman–Crippen LogP) is 4.53. The van der Waals surface area contributed by atoms with E-state index in [2.05, 4.69) is 32.1 Å². The number of hydrogen-bond donors (Lipinski definition) is 3. The van der Waals surface area contributed by atoms with Gasteiger partial charge in [-0.3, -0.25) is 14.6 Å². The van der Waals surface area contributed by atoms with Crippen molar-refractivity contribution in [2.45, 2.75) is 23.3 Å². The molecule has 206 valence electrons. The lowest BCUT2D eigenvalue weighted by molar-refractivity contribution is 0.102. The van der Waals surface area contributed by atoms with Crippen LogP contribution in [-0.2, 0) is 11.3 Å². The summed E-state index contributed by atoms with van der Waals surface area (Å²) in [6, 6.07) is 14.8. The smallest absolute Gasteiger partial charge is 0.338 e. The van der Waals surface area contributed by atoms with E-state index in [1.807, 2.05) is 37.4 Å². The van der Waals surface area contributed by atoms with Gasteiger partial charge in [0.2, 0.25) is 0 Å². The highest BCUT2D eigenvalue weighted by Crippen LogP contribution is 2.48. The summed E-state index contributed by atoms with van der Waals surface area (Å²) >= 11 is 2.50. The van der Waals surface area contributed by atoms with Gasteiger partial charge in [-0.25, -0.2) is 13.7 Å². The van der Waals surface area contributed by atoms with Gasteiger partial charge < -0.3 is 20.3 Å². The van der Waals surface area contributed by atoms with Crippen LogP contribution in [0.15, 0.2) is 86.8 Å². The van der Waals surface area contributed by atoms with Crippen LogP contribution in [0.5, 0.6) is 0 Å². The van der Waals surface area contributed by atoms with E-state index in [4.69, 9.17) is 4.74 Å². The van der Waals surface area contributed by atoms with Gasteiger partial charge >= 0.3 is 10.6 Å². The van der Waals surface area contributed by atoms with Crippen molar-refractivity contribution < 1.29 is 9.53 Å². The van der Waals surface area contributed by atoms with Crippen molar-refractivity contribution in [1.82, 2.24) is 13.9 Å². The summed E-state index contributed by atoms with van der Waals surface area (Å²) in [6.45, 7) is 8.64.